The molecule has 0 aromatic rings. The third-order valence-corrected chi connectivity index (χ3v) is 5.47. The van der Waals surface area contributed by atoms with Crippen LogP contribution in [0.4, 0.5) is 0 Å². The summed E-state index contributed by atoms with van der Waals surface area (Å²) in [6.07, 6.45) is 10.1. The molecule has 1 aliphatic heterocycles. The molecule has 1 heterocycles. The lowest BCUT2D eigenvalue weighted by atomic mass is 9.88. The molecule has 2 unspecified atom stereocenters. The van der Waals surface area contributed by atoms with Crippen LogP contribution in [0, 0.1) is 11.8 Å². The first-order valence-electron chi connectivity index (χ1n) is 9.23. The Morgan fingerprint density at radius 1 is 1.18 bits per heavy atom. The lowest BCUT2D eigenvalue weighted by Gasteiger charge is -2.38. The number of hydrogen-bond donors (Lipinski definition) is 1. The van der Waals surface area contributed by atoms with E-state index in [1.165, 1.54) is 58.6 Å². The summed E-state index contributed by atoms with van der Waals surface area (Å²) in [5, 5.41) is 3.83. The average molecular weight is 310 g/mol. The molecule has 1 aliphatic carbocycles. The molecule has 2 aliphatic rings. The second kappa shape index (κ2) is 9.51. The van der Waals surface area contributed by atoms with Gasteiger partial charge < -0.3 is 15.0 Å². The van der Waals surface area contributed by atoms with Crippen molar-refractivity contribution >= 4 is 5.97 Å². The zero-order valence-corrected chi connectivity index (χ0v) is 14.5. The van der Waals surface area contributed by atoms with Gasteiger partial charge in [0.15, 0.2) is 0 Å². The lowest BCUT2D eigenvalue weighted by Crippen LogP contribution is -2.50. The third-order valence-electron chi connectivity index (χ3n) is 5.47. The summed E-state index contributed by atoms with van der Waals surface area (Å²) in [7, 11) is 1.47. The quantitative estimate of drug-likeness (QED) is 0.734. The number of esters is 1. The first-order chi connectivity index (χ1) is 10.7. The predicted molar refractivity (Wildman–Crippen MR) is 89.8 cm³/mol. The molecule has 2 fully saturated rings. The van der Waals surface area contributed by atoms with E-state index in [-0.39, 0.29) is 5.97 Å². The van der Waals surface area contributed by atoms with Crippen molar-refractivity contribution in [2.75, 3.05) is 33.3 Å². The molecule has 0 bridgehead atoms. The van der Waals surface area contributed by atoms with Crippen molar-refractivity contribution in [1.82, 2.24) is 10.2 Å². The summed E-state index contributed by atoms with van der Waals surface area (Å²) in [5.74, 6) is 1.56. The number of carbonyl (C=O) groups is 1. The van der Waals surface area contributed by atoms with Crippen LogP contribution in [-0.2, 0) is 9.53 Å². The van der Waals surface area contributed by atoms with Crippen LogP contribution in [0.3, 0.4) is 0 Å². The summed E-state index contributed by atoms with van der Waals surface area (Å²) in [6.45, 7) is 6.53. The fourth-order valence-electron chi connectivity index (χ4n) is 4.01. The van der Waals surface area contributed by atoms with E-state index in [9.17, 15) is 4.79 Å². The van der Waals surface area contributed by atoms with Gasteiger partial charge in [-0.15, -0.1) is 0 Å². The number of nitrogens with zero attached hydrogens (tertiary/aromatic N) is 1. The van der Waals surface area contributed by atoms with Crippen molar-refractivity contribution in [3.05, 3.63) is 0 Å². The van der Waals surface area contributed by atoms with Crippen LogP contribution in [0.25, 0.3) is 0 Å². The van der Waals surface area contributed by atoms with Gasteiger partial charge in [-0.3, -0.25) is 4.79 Å². The fraction of sp³-hybridized carbons (Fsp3) is 0.944. The summed E-state index contributed by atoms with van der Waals surface area (Å²) >= 11 is 0. The summed E-state index contributed by atoms with van der Waals surface area (Å²) in [6, 6.07) is 0.596. The van der Waals surface area contributed by atoms with Gasteiger partial charge in [0.2, 0.25) is 0 Å². The van der Waals surface area contributed by atoms with Gasteiger partial charge >= 0.3 is 5.97 Å². The number of carbonyl (C=O) groups excluding carboxylic acids is 1. The number of methoxy groups -OCH3 is 1. The zero-order valence-electron chi connectivity index (χ0n) is 14.5. The van der Waals surface area contributed by atoms with E-state index >= 15 is 0 Å². The number of hydrogen-bond acceptors (Lipinski definition) is 4. The van der Waals surface area contributed by atoms with Crippen molar-refractivity contribution in [3.63, 3.8) is 0 Å². The Kier molecular flexibility index (Phi) is 7.67. The van der Waals surface area contributed by atoms with E-state index in [0.717, 1.165) is 31.5 Å². The van der Waals surface area contributed by atoms with Gasteiger partial charge in [-0.1, -0.05) is 32.6 Å². The second-order valence-electron chi connectivity index (χ2n) is 7.20. The van der Waals surface area contributed by atoms with E-state index < -0.39 is 0 Å². The normalized spacial score (nSPS) is 27.7. The molecule has 1 saturated carbocycles. The zero-order chi connectivity index (χ0) is 15.8. The molecule has 1 saturated heterocycles. The largest absolute Gasteiger partial charge is 0.469 e. The van der Waals surface area contributed by atoms with Crippen LogP contribution < -0.4 is 5.32 Å². The SMILES string of the molecule is CCC1CC(NCC2CCCCC2)CN(CCC(=O)OC)C1. The highest BCUT2D eigenvalue weighted by Gasteiger charge is 2.27. The van der Waals surface area contributed by atoms with E-state index in [2.05, 4.69) is 17.1 Å². The number of rotatable bonds is 7. The Balaban J connectivity index is 1.75. The number of ether oxygens (including phenoxy) is 1. The maximum atomic E-state index is 11.4. The minimum atomic E-state index is -0.0923. The molecule has 0 radical (unpaired) electrons. The van der Waals surface area contributed by atoms with Crippen molar-refractivity contribution < 1.29 is 9.53 Å². The monoisotopic (exact) mass is 310 g/mol. The number of nitrogens with one attached hydrogen (secondary N) is 1. The van der Waals surface area contributed by atoms with Crippen molar-refractivity contribution in [2.24, 2.45) is 11.8 Å². The molecule has 2 rings (SSSR count). The molecule has 4 heteroatoms. The topological polar surface area (TPSA) is 41.6 Å². The van der Waals surface area contributed by atoms with Crippen molar-refractivity contribution in [3.8, 4) is 0 Å². The minimum Gasteiger partial charge on any atom is -0.469 e. The molecule has 22 heavy (non-hydrogen) atoms. The Labute approximate surface area is 136 Å². The maximum Gasteiger partial charge on any atom is 0.306 e. The minimum absolute atomic E-state index is 0.0923. The van der Waals surface area contributed by atoms with Crippen LogP contribution in [-0.4, -0.2) is 50.2 Å². The van der Waals surface area contributed by atoms with Crippen LogP contribution in [0.1, 0.15) is 58.3 Å². The van der Waals surface area contributed by atoms with Crippen LogP contribution >= 0.6 is 0 Å². The standard InChI is InChI=1S/C18H34N2O2/c1-3-15-11-17(19-12-16-7-5-4-6-8-16)14-20(13-15)10-9-18(21)22-2/h15-17,19H,3-14H2,1-2H3. The van der Waals surface area contributed by atoms with Gasteiger partial charge in [0.1, 0.15) is 0 Å². The van der Waals surface area contributed by atoms with Gasteiger partial charge in [-0.2, -0.15) is 0 Å². The van der Waals surface area contributed by atoms with Gasteiger partial charge in [-0.05, 0) is 37.6 Å². The van der Waals surface area contributed by atoms with Gasteiger partial charge in [0.25, 0.3) is 0 Å². The highest BCUT2D eigenvalue weighted by molar-refractivity contribution is 5.69. The Morgan fingerprint density at radius 2 is 1.95 bits per heavy atom. The molecule has 4 nitrogen and oxygen atoms in total. The summed E-state index contributed by atoms with van der Waals surface area (Å²) < 4.78 is 4.77. The highest BCUT2D eigenvalue weighted by atomic mass is 16.5. The molecule has 1 N–H and O–H groups in total. The van der Waals surface area contributed by atoms with Crippen molar-refractivity contribution in [2.45, 2.75) is 64.3 Å². The smallest absolute Gasteiger partial charge is 0.306 e. The second-order valence-corrected chi connectivity index (χ2v) is 7.20. The Bertz CT molecular complexity index is 329. The summed E-state index contributed by atoms with van der Waals surface area (Å²) in [4.78, 5) is 13.8. The van der Waals surface area contributed by atoms with Crippen LogP contribution in [0.5, 0.6) is 0 Å². The van der Waals surface area contributed by atoms with Crippen molar-refractivity contribution in [1.29, 1.82) is 0 Å². The Morgan fingerprint density at radius 3 is 2.64 bits per heavy atom. The lowest BCUT2D eigenvalue weighted by molar-refractivity contribution is -0.141. The van der Waals surface area contributed by atoms with Crippen LogP contribution in [0.15, 0.2) is 0 Å². The highest BCUT2D eigenvalue weighted by Crippen LogP contribution is 2.24. The predicted octanol–water partition coefficient (Wildman–Crippen LogP) is 2.82. The molecular formula is C18H34N2O2. The molecule has 0 aromatic heterocycles. The molecule has 0 spiro atoms. The molecular weight excluding hydrogens is 276 g/mol. The van der Waals surface area contributed by atoms with Crippen LogP contribution in [0.2, 0.25) is 0 Å². The fourth-order valence-corrected chi connectivity index (χ4v) is 4.01. The van der Waals surface area contributed by atoms with E-state index in [1.807, 2.05) is 0 Å². The van der Waals surface area contributed by atoms with Gasteiger partial charge in [0, 0.05) is 25.7 Å². The first-order valence-corrected chi connectivity index (χ1v) is 9.23. The van der Waals surface area contributed by atoms with E-state index in [1.54, 1.807) is 0 Å². The van der Waals surface area contributed by atoms with Gasteiger partial charge in [-0.25, -0.2) is 0 Å². The average Bonchev–Trinajstić information content (AvgIpc) is 2.58. The molecule has 128 valence electrons. The number of likely N-dealkylation sites (tertiary alicyclic amines) is 1. The first kappa shape index (κ1) is 17.7. The third kappa shape index (κ3) is 5.88. The summed E-state index contributed by atoms with van der Waals surface area (Å²) in [5.41, 5.74) is 0. The molecule has 0 amide bonds. The Hall–Kier alpha value is -0.610. The maximum absolute atomic E-state index is 11.4. The van der Waals surface area contributed by atoms with E-state index in [4.69, 9.17) is 4.74 Å². The molecule has 2 atom stereocenters. The van der Waals surface area contributed by atoms with E-state index in [0.29, 0.717) is 12.5 Å². The number of piperidine rings is 1. The molecule has 0 aromatic carbocycles. The van der Waals surface area contributed by atoms with Gasteiger partial charge in [0.05, 0.1) is 13.5 Å².